The van der Waals surface area contributed by atoms with Crippen molar-refractivity contribution in [2.24, 2.45) is 0 Å². The van der Waals surface area contributed by atoms with Crippen LogP contribution < -0.4 is 5.32 Å². The van der Waals surface area contributed by atoms with Gasteiger partial charge in [-0.1, -0.05) is 33.1 Å². The summed E-state index contributed by atoms with van der Waals surface area (Å²) in [6.45, 7) is 5.16. The molecule has 92 valence electrons. The monoisotopic (exact) mass is 235 g/mol. The van der Waals surface area contributed by atoms with Crippen LogP contribution in [-0.2, 0) is 9.84 Å². The minimum atomic E-state index is -2.85. The van der Waals surface area contributed by atoms with Gasteiger partial charge in [0.15, 0.2) is 0 Å². The highest BCUT2D eigenvalue weighted by atomic mass is 32.2. The standard InChI is InChI=1S/C11H25NO2S/c1-4-6-7-8-11(12-9-5-2)10-15(3,13)14/h11-12H,4-10H2,1-3H3. The summed E-state index contributed by atoms with van der Waals surface area (Å²) >= 11 is 0. The third kappa shape index (κ3) is 10.2. The lowest BCUT2D eigenvalue weighted by atomic mass is 10.1. The molecule has 0 aromatic rings. The van der Waals surface area contributed by atoms with Gasteiger partial charge in [0.1, 0.15) is 9.84 Å². The van der Waals surface area contributed by atoms with Crippen molar-refractivity contribution >= 4 is 9.84 Å². The lowest BCUT2D eigenvalue weighted by molar-refractivity contribution is 0.483. The van der Waals surface area contributed by atoms with E-state index in [9.17, 15) is 8.42 Å². The second-order valence-electron chi connectivity index (χ2n) is 4.24. The van der Waals surface area contributed by atoms with Crippen LogP contribution in [0.25, 0.3) is 0 Å². The van der Waals surface area contributed by atoms with Crippen LogP contribution in [0.2, 0.25) is 0 Å². The lowest BCUT2D eigenvalue weighted by Crippen LogP contribution is -2.35. The second kappa shape index (κ2) is 8.11. The fourth-order valence-corrected chi connectivity index (χ4v) is 2.61. The predicted molar refractivity (Wildman–Crippen MR) is 65.9 cm³/mol. The average molecular weight is 235 g/mol. The first-order valence-electron chi connectivity index (χ1n) is 5.90. The van der Waals surface area contributed by atoms with E-state index in [1.165, 1.54) is 19.1 Å². The van der Waals surface area contributed by atoms with Gasteiger partial charge in [0.05, 0.1) is 5.75 Å². The number of nitrogens with one attached hydrogen (secondary N) is 1. The maximum Gasteiger partial charge on any atom is 0.148 e. The van der Waals surface area contributed by atoms with Crippen LogP contribution in [0, 0.1) is 0 Å². The highest BCUT2D eigenvalue weighted by molar-refractivity contribution is 7.90. The molecule has 0 bridgehead atoms. The molecule has 0 aromatic heterocycles. The smallest absolute Gasteiger partial charge is 0.148 e. The minimum absolute atomic E-state index is 0.145. The fourth-order valence-electron chi connectivity index (χ4n) is 1.60. The zero-order chi connectivity index (χ0) is 11.7. The van der Waals surface area contributed by atoms with Gasteiger partial charge in [-0.3, -0.25) is 0 Å². The van der Waals surface area contributed by atoms with Crippen LogP contribution in [0.15, 0.2) is 0 Å². The van der Waals surface area contributed by atoms with Crippen LogP contribution in [-0.4, -0.2) is 33.0 Å². The SMILES string of the molecule is CCCCCC(CS(C)(=O)=O)NCCC. The fraction of sp³-hybridized carbons (Fsp3) is 1.00. The van der Waals surface area contributed by atoms with Crippen molar-refractivity contribution in [2.75, 3.05) is 18.6 Å². The maximum atomic E-state index is 11.2. The highest BCUT2D eigenvalue weighted by Crippen LogP contribution is 2.05. The molecule has 0 radical (unpaired) electrons. The molecule has 1 unspecified atom stereocenters. The maximum absolute atomic E-state index is 11.2. The topological polar surface area (TPSA) is 46.2 Å². The molecule has 0 amide bonds. The summed E-state index contributed by atoms with van der Waals surface area (Å²) in [5, 5.41) is 3.31. The first-order valence-corrected chi connectivity index (χ1v) is 7.96. The van der Waals surface area contributed by atoms with Gasteiger partial charge in [0.2, 0.25) is 0 Å². The van der Waals surface area contributed by atoms with Crippen molar-refractivity contribution in [3.05, 3.63) is 0 Å². The molecule has 0 spiro atoms. The van der Waals surface area contributed by atoms with Crippen molar-refractivity contribution in [3.8, 4) is 0 Å². The number of rotatable bonds is 9. The van der Waals surface area contributed by atoms with Gasteiger partial charge in [-0.15, -0.1) is 0 Å². The molecule has 15 heavy (non-hydrogen) atoms. The molecule has 0 saturated carbocycles. The molecule has 4 heteroatoms. The average Bonchev–Trinajstić information content (AvgIpc) is 2.12. The van der Waals surface area contributed by atoms with E-state index < -0.39 is 9.84 Å². The molecule has 0 heterocycles. The quantitative estimate of drug-likeness (QED) is 0.622. The van der Waals surface area contributed by atoms with Gasteiger partial charge < -0.3 is 5.32 Å². The number of unbranched alkanes of at least 4 members (excludes halogenated alkanes) is 2. The normalized spacial score (nSPS) is 14.1. The minimum Gasteiger partial charge on any atom is -0.313 e. The molecule has 0 aliphatic carbocycles. The second-order valence-corrected chi connectivity index (χ2v) is 6.42. The molecule has 1 N–H and O–H groups in total. The summed E-state index contributed by atoms with van der Waals surface area (Å²) in [5.74, 6) is 0.275. The first kappa shape index (κ1) is 14.9. The zero-order valence-electron chi connectivity index (χ0n) is 10.3. The number of sulfone groups is 1. The molecule has 0 aliphatic heterocycles. The van der Waals surface area contributed by atoms with E-state index in [2.05, 4.69) is 19.2 Å². The number of hydrogen-bond donors (Lipinski definition) is 1. The Morgan fingerprint density at radius 2 is 1.80 bits per heavy atom. The van der Waals surface area contributed by atoms with E-state index in [0.717, 1.165) is 25.8 Å². The van der Waals surface area contributed by atoms with Crippen LogP contribution in [0.4, 0.5) is 0 Å². The Kier molecular flexibility index (Phi) is 8.06. The van der Waals surface area contributed by atoms with E-state index in [0.29, 0.717) is 0 Å². The molecule has 0 fully saturated rings. The largest absolute Gasteiger partial charge is 0.313 e. The van der Waals surface area contributed by atoms with Crippen LogP contribution in [0.3, 0.4) is 0 Å². The predicted octanol–water partition coefficient (Wildman–Crippen LogP) is 1.98. The number of hydrogen-bond acceptors (Lipinski definition) is 3. The molecule has 1 atom stereocenters. The summed E-state index contributed by atoms with van der Waals surface area (Å²) in [6.07, 6.45) is 6.82. The lowest BCUT2D eigenvalue weighted by Gasteiger charge is -2.17. The Morgan fingerprint density at radius 1 is 1.13 bits per heavy atom. The molecular formula is C11H25NO2S. The van der Waals surface area contributed by atoms with Gasteiger partial charge in [-0.2, -0.15) is 0 Å². The molecule has 0 aliphatic rings. The molecular weight excluding hydrogens is 210 g/mol. The molecule has 3 nitrogen and oxygen atoms in total. The van der Waals surface area contributed by atoms with Crippen LogP contribution in [0.1, 0.15) is 46.0 Å². The van der Waals surface area contributed by atoms with E-state index in [1.807, 2.05) is 0 Å². The van der Waals surface area contributed by atoms with Crippen molar-refractivity contribution in [3.63, 3.8) is 0 Å². The summed E-state index contributed by atoms with van der Waals surface area (Å²) in [5.41, 5.74) is 0. The van der Waals surface area contributed by atoms with E-state index in [1.54, 1.807) is 0 Å². The van der Waals surface area contributed by atoms with Gasteiger partial charge in [-0.05, 0) is 19.4 Å². The Morgan fingerprint density at radius 3 is 2.27 bits per heavy atom. The van der Waals surface area contributed by atoms with Crippen molar-refractivity contribution in [2.45, 2.75) is 52.0 Å². The highest BCUT2D eigenvalue weighted by Gasteiger charge is 2.13. The Hall–Kier alpha value is -0.0900. The summed E-state index contributed by atoms with van der Waals surface area (Å²) in [4.78, 5) is 0. The summed E-state index contributed by atoms with van der Waals surface area (Å²) < 4.78 is 22.4. The Bertz CT molecular complexity index is 237. The van der Waals surface area contributed by atoms with Crippen LogP contribution in [0.5, 0.6) is 0 Å². The zero-order valence-corrected chi connectivity index (χ0v) is 11.1. The molecule has 0 aromatic carbocycles. The van der Waals surface area contributed by atoms with Gasteiger partial charge in [-0.25, -0.2) is 8.42 Å². The molecule has 0 saturated heterocycles. The van der Waals surface area contributed by atoms with Gasteiger partial charge in [0.25, 0.3) is 0 Å². The third-order valence-corrected chi connectivity index (χ3v) is 3.35. The Labute approximate surface area is 94.6 Å². The summed E-state index contributed by atoms with van der Waals surface area (Å²) in [6, 6.07) is 0.145. The van der Waals surface area contributed by atoms with E-state index >= 15 is 0 Å². The first-order chi connectivity index (χ1) is 6.99. The van der Waals surface area contributed by atoms with Crippen molar-refractivity contribution in [1.82, 2.24) is 5.32 Å². The van der Waals surface area contributed by atoms with Gasteiger partial charge in [0, 0.05) is 12.3 Å². The van der Waals surface area contributed by atoms with Gasteiger partial charge >= 0.3 is 0 Å². The van der Waals surface area contributed by atoms with E-state index in [4.69, 9.17) is 0 Å². The third-order valence-electron chi connectivity index (χ3n) is 2.34. The molecule has 0 rings (SSSR count). The van der Waals surface area contributed by atoms with Crippen molar-refractivity contribution < 1.29 is 8.42 Å². The van der Waals surface area contributed by atoms with Crippen molar-refractivity contribution in [1.29, 1.82) is 0 Å². The Balaban J connectivity index is 3.95. The van der Waals surface area contributed by atoms with Crippen LogP contribution >= 0.6 is 0 Å². The van der Waals surface area contributed by atoms with E-state index in [-0.39, 0.29) is 11.8 Å². The summed E-state index contributed by atoms with van der Waals surface area (Å²) in [7, 11) is -2.85.